The van der Waals surface area contributed by atoms with Crippen molar-refractivity contribution in [1.82, 2.24) is 4.98 Å². The molecule has 9 nitrogen and oxygen atoms in total. The Morgan fingerprint density at radius 3 is 2.68 bits per heavy atom. The minimum atomic E-state index is -0.552. The first-order valence-electron chi connectivity index (χ1n) is 13.7. The number of phenolic OH excluding ortho intramolecular Hbond substituents is 1. The summed E-state index contributed by atoms with van der Waals surface area (Å²) >= 11 is 0. The van der Waals surface area contributed by atoms with Gasteiger partial charge in [0.15, 0.2) is 0 Å². The number of hydrogen-bond acceptors (Lipinski definition) is 7. The van der Waals surface area contributed by atoms with Gasteiger partial charge in [0.1, 0.15) is 5.75 Å². The molecule has 9 heteroatoms. The first-order valence-corrected chi connectivity index (χ1v) is 13.7. The van der Waals surface area contributed by atoms with Crippen molar-refractivity contribution in [1.29, 1.82) is 0 Å². The number of nitro benzene ring substituents is 1. The van der Waals surface area contributed by atoms with Gasteiger partial charge in [-0.25, -0.2) is 4.90 Å². The lowest BCUT2D eigenvalue weighted by atomic mass is 9.70. The molecule has 3 aromatic rings. The van der Waals surface area contributed by atoms with Crippen LogP contribution in [0, 0.1) is 27.9 Å². The van der Waals surface area contributed by atoms with E-state index in [0.717, 1.165) is 32.9 Å². The first-order chi connectivity index (χ1) is 19.8. The number of nitro groups is 1. The average Bonchev–Trinajstić information content (AvgIpc) is 3.50. The summed E-state index contributed by atoms with van der Waals surface area (Å²) in [6.07, 6.45) is 5.34. The number of carbonyl (C=O) groups is 2. The number of non-ortho nitro benzene ring substituents is 1. The van der Waals surface area contributed by atoms with Crippen LogP contribution >= 0.6 is 0 Å². The largest absolute Gasteiger partial charge is 0.508 e. The van der Waals surface area contributed by atoms with Gasteiger partial charge in [0.05, 0.1) is 40.9 Å². The third-order valence-corrected chi connectivity index (χ3v) is 8.33. The van der Waals surface area contributed by atoms with E-state index in [4.69, 9.17) is 4.74 Å². The van der Waals surface area contributed by atoms with Crippen LogP contribution in [0.25, 0.3) is 11.6 Å². The Hall–Kier alpha value is -4.63. The number of hydrogen-bond donors (Lipinski definition) is 1. The molecule has 0 saturated carbocycles. The number of imide groups is 1. The average molecular weight is 552 g/mol. The van der Waals surface area contributed by atoms with Crippen LogP contribution in [0.4, 0.5) is 11.4 Å². The van der Waals surface area contributed by atoms with Crippen LogP contribution in [0.2, 0.25) is 0 Å². The third kappa shape index (κ3) is 4.93. The van der Waals surface area contributed by atoms with Crippen molar-refractivity contribution in [2.24, 2.45) is 17.8 Å². The molecule has 41 heavy (non-hydrogen) atoms. The smallest absolute Gasteiger partial charge is 0.271 e. The molecule has 208 valence electrons. The van der Waals surface area contributed by atoms with Gasteiger partial charge in [0.25, 0.3) is 5.69 Å². The molecule has 0 unspecified atom stereocenters. The molecule has 2 fully saturated rings. The van der Waals surface area contributed by atoms with E-state index < -0.39 is 16.8 Å². The highest BCUT2D eigenvalue weighted by molar-refractivity contribution is 6.22. The van der Waals surface area contributed by atoms with Gasteiger partial charge < -0.3 is 9.84 Å². The molecule has 4 atom stereocenters. The van der Waals surface area contributed by atoms with E-state index in [2.05, 4.69) is 4.98 Å². The molecule has 2 saturated heterocycles. The molecule has 0 spiro atoms. The van der Waals surface area contributed by atoms with E-state index in [9.17, 15) is 24.8 Å². The van der Waals surface area contributed by atoms with Gasteiger partial charge in [0, 0.05) is 24.2 Å². The number of carbonyl (C=O) groups excluding carboxylic acids is 2. The molecule has 3 aliphatic rings. The fourth-order valence-corrected chi connectivity index (χ4v) is 6.56. The highest BCUT2D eigenvalue weighted by Gasteiger charge is 2.57. The molecule has 1 aliphatic carbocycles. The van der Waals surface area contributed by atoms with E-state index in [1.165, 1.54) is 18.2 Å². The van der Waals surface area contributed by atoms with Crippen molar-refractivity contribution in [3.63, 3.8) is 0 Å². The minimum Gasteiger partial charge on any atom is -0.508 e. The topological polar surface area (TPSA) is 123 Å². The van der Waals surface area contributed by atoms with Crippen LogP contribution in [0.5, 0.6) is 5.75 Å². The second-order valence-electron chi connectivity index (χ2n) is 10.8. The molecule has 0 radical (unpaired) electrons. The van der Waals surface area contributed by atoms with E-state index in [-0.39, 0.29) is 41.0 Å². The maximum absolute atomic E-state index is 13.7. The number of rotatable bonds is 7. The van der Waals surface area contributed by atoms with Crippen molar-refractivity contribution < 1.29 is 24.4 Å². The molecule has 2 amide bonds. The molecule has 2 aromatic carbocycles. The molecular weight excluding hydrogens is 522 g/mol. The zero-order valence-electron chi connectivity index (χ0n) is 22.5. The number of benzene rings is 2. The number of ether oxygens (including phenoxy) is 1. The van der Waals surface area contributed by atoms with E-state index in [1.807, 2.05) is 37.3 Å². The number of allylic oxidation sites excluding steroid dienone is 2. The van der Waals surface area contributed by atoms with Crippen LogP contribution < -0.4 is 4.90 Å². The summed E-state index contributed by atoms with van der Waals surface area (Å²) in [5.74, 6) is -1.72. The number of fused-ring (bicyclic) bond motifs is 3. The van der Waals surface area contributed by atoms with Gasteiger partial charge in [-0.1, -0.05) is 29.8 Å². The standard InChI is InChI=1S/C32H29N3O6/c1-19-14-25-30(32(38)34(31(25)37)22-7-5-8-23(17-22)35(39)40)26-18-41-28(29(19)26)12-11-21(27-10-2-3-13-33-27)15-20-6-4-9-24(36)16-20/h2-10,13,15-17,25-26,28,30,36H,11-12,14,18H2,1H3/b21-15-/t25-,26+,28-,30-/m1/s1. The summed E-state index contributed by atoms with van der Waals surface area (Å²) in [6, 6.07) is 18.5. The van der Waals surface area contributed by atoms with Gasteiger partial charge in [-0.05, 0) is 79.3 Å². The second-order valence-corrected chi connectivity index (χ2v) is 10.8. The lowest BCUT2D eigenvalue weighted by Crippen LogP contribution is -2.34. The Morgan fingerprint density at radius 1 is 1.10 bits per heavy atom. The van der Waals surface area contributed by atoms with E-state index >= 15 is 0 Å². The lowest BCUT2D eigenvalue weighted by molar-refractivity contribution is -0.384. The molecule has 0 bridgehead atoms. The fraction of sp³-hybridized carbons (Fsp3) is 0.281. The van der Waals surface area contributed by atoms with Crippen LogP contribution in [0.3, 0.4) is 0 Å². The summed E-state index contributed by atoms with van der Waals surface area (Å²) in [5.41, 5.74) is 4.92. The highest BCUT2D eigenvalue weighted by atomic mass is 16.6. The summed E-state index contributed by atoms with van der Waals surface area (Å²) in [7, 11) is 0. The van der Waals surface area contributed by atoms with Crippen molar-refractivity contribution in [3.8, 4) is 5.75 Å². The molecule has 6 rings (SSSR count). The van der Waals surface area contributed by atoms with Gasteiger partial charge >= 0.3 is 0 Å². The van der Waals surface area contributed by atoms with Crippen molar-refractivity contribution >= 4 is 34.8 Å². The van der Waals surface area contributed by atoms with Crippen LogP contribution in [-0.2, 0) is 14.3 Å². The van der Waals surface area contributed by atoms with Gasteiger partial charge in [-0.3, -0.25) is 24.7 Å². The Balaban J connectivity index is 1.24. The van der Waals surface area contributed by atoms with Crippen molar-refractivity contribution in [2.45, 2.75) is 32.3 Å². The third-order valence-electron chi connectivity index (χ3n) is 8.33. The predicted octanol–water partition coefficient (Wildman–Crippen LogP) is 5.56. The van der Waals surface area contributed by atoms with Gasteiger partial charge in [0.2, 0.25) is 11.8 Å². The van der Waals surface area contributed by atoms with Crippen LogP contribution in [-0.4, -0.2) is 39.5 Å². The second kappa shape index (κ2) is 10.7. The maximum atomic E-state index is 13.7. The number of pyridine rings is 1. The Labute approximate surface area is 236 Å². The normalized spacial score (nSPS) is 24.0. The molecular formula is C32H29N3O6. The Morgan fingerprint density at radius 2 is 1.93 bits per heavy atom. The highest BCUT2D eigenvalue weighted by Crippen LogP contribution is 2.50. The number of nitrogens with zero attached hydrogens (tertiary/aromatic N) is 3. The summed E-state index contributed by atoms with van der Waals surface area (Å²) in [5, 5.41) is 21.2. The summed E-state index contributed by atoms with van der Waals surface area (Å²) in [6.45, 7) is 2.35. The van der Waals surface area contributed by atoms with E-state index in [1.54, 1.807) is 30.5 Å². The first kappa shape index (κ1) is 26.6. The lowest BCUT2D eigenvalue weighted by Gasteiger charge is -2.30. The number of aromatic nitrogens is 1. The summed E-state index contributed by atoms with van der Waals surface area (Å²) < 4.78 is 6.29. The zero-order chi connectivity index (χ0) is 28.7. The zero-order valence-corrected chi connectivity index (χ0v) is 22.5. The number of amides is 2. The minimum absolute atomic E-state index is 0.167. The van der Waals surface area contributed by atoms with Crippen LogP contribution in [0.1, 0.15) is 37.4 Å². The predicted molar refractivity (Wildman–Crippen MR) is 153 cm³/mol. The maximum Gasteiger partial charge on any atom is 0.271 e. The SMILES string of the molecule is CC1=C2[C@@H](CC/C(=C/c3cccc(O)c3)c3ccccn3)OC[C@@H]2[C@@H]2C(=O)N(c3cccc([N+](=O)[O-])c3)C(=O)[C@@H]2C1. The quantitative estimate of drug-likeness (QED) is 0.177. The monoisotopic (exact) mass is 551 g/mol. The Bertz CT molecular complexity index is 1600. The van der Waals surface area contributed by atoms with Crippen LogP contribution in [0.15, 0.2) is 84.1 Å². The Kier molecular flexibility index (Phi) is 6.96. The number of aromatic hydroxyl groups is 1. The molecule has 2 aliphatic heterocycles. The van der Waals surface area contributed by atoms with E-state index in [0.29, 0.717) is 25.9 Å². The molecule has 1 aromatic heterocycles. The number of anilines is 1. The fourth-order valence-electron chi connectivity index (χ4n) is 6.56. The van der Waals surface area contributed by atoms with Gasteiger partial charge in [-0.2, -0.15) is 0 Å². The van der Waals surface area contributed by atoms with Gasteiger partial charge in [-0.15, -0.1) is 0 Å². The summed E-state index contributed by atoms with van der Waals surface area (Å²) in [4.78, 5) is 43.6. The number of phenols is 1. The van der Waals surface area contributed by atoms with Crippen molar-refractivity contribution in [3.05, 3.63) is 105 Å². The molecule has 3 heterocycles. The van der Waals surface area contributed by atoms with Crippen molar-refractivity contribution in [2.75, 3.05) is 11.5 Å². The molecule has 1 N–H and O–H groups in total.